The third kappa shape index (κ3) is 3.09. The minimum absolute atomic E-state index is 0. The fourth-order valence-electron chi connectivity index (χ4n) is 0.846. The minimum atomic E-state index is 0. The maximum absolute atomic E-state index is 4.31. The van der Waals surface area contributed by atoms with Crippen LogP contribution in [0, 0.1) is 0 Å². The summed E-state index contributed by atoms with van der Waals surface area (Å²) in [6.45, 7) is 5.27. The number of thiazole rings is 1. The van der Waals surface area contributed by atoms with Gasteiger partial charge in [-0.15, -0.1) is 23.7 Å². The van der Waals surface area contributed by atoms with E-state index in [0.29, 0.717) is 5.92 Å². The molecule has 0 aromatic carbocycles. The zero-order valence-electron chi connectivity index (χ0n) is 7.63. The molecule has 2 nitrogen and oxygen atoms in total. The normalized spacial score (nSPS) is 10.0. The van der Waals surface area contributed by atoms with Crippen LogP contribution in [0.15, 0.2) is 6.20 Å². The lowest BCUT2D eigenvalue weighted by Gasteiger charge is -1.95. The molecule has 4 heteroatoms. The average molecular weight is 207 g/mol. The van der Waals surface area contributed by atoms with Crippen LogP contribution in [0.2, 0.25) is 0 Å². The summed E-state index contributed by atoms with van der Waals surface area (Å²) in [5.74, 6) is 0.561. The molecule has 0 unspecified atom stereocenters. The Hall–Kier alpha value is -0.120. The van der Waals surface area contributed by atoms with E-state index in [4.69, 9.17) is 0 Å². The highest BCUT2D eigenvalue weighted by Crippen LogP contribution is 2.20. The zero-order valence-corrected chi connectivity index (χ0v) is 9.26. The molecule has 0 aliphatic rings. The number of hydrogen-bond acceptors (Lipinski definition) is 3. The maximum atomic E-state index is 4.31. The Labute approximate surface area is 83.8 Å². The summed E-state index contributed by atoms with van der Waals surface area (Å²) in [5.41, 5.74) is 0. The van der Waals surface area contributed by atoms with Crippen LogP contribution in [0.3, 0.4) is 0 Å². The van der Waals surface area contributed by atoms with Crippen molar-refractivity contribution in [3.05, 3.63) is 16.1 Å². The molecular weight excluding hydrogens is 192 g/mol. The molecule has 1 heterocycles. The second kappa shape index (κ2) is 5.51. The lowest BCUT2D eigenvalue weighted by Crippen LogP contribution is -2.02. The Bertz CT molecular complexity index is 223. The van der Waals surface area contributed by atoms with Crippen LogP contribution in [0.25, 0.3) is 0 Å². The number of rotatable bonds is 3. The summed E-state index contributed by atoms with van der Waals surface area (Å²) in [7, 11) is 1.95. The van der Waals surface area contributed by atoms with Crippen molar-refractivity contribution in [3.63, 3.8) is 0 Å². The standard InChI is InChI=1S/C8H14N2S.ClH/c1-6(2)8-10-5-7(11-8)4-9-3;/h5-6,9H,4H2,1-3H3;1H. The highest BCUT2D eigenvalue weighted by Gasteiger charge is 2.03. The third-order valence-corrected chi connectivity index (χ3v) is 2.71. The first-order valence-corrected chi connectivity index (χ1v) is 4.65. The second-order valence-corrected chi connectivity index (χ2v) is 4.00. The second-order valence-electron chi connectivity index (χ2n) is 2.85. The van der Waals surface area contributed by atoms with E-state index in [1.165, 1.54) is 9.88 Å². The van der Waals surface area contributed by atoms with Gasteiger partial charge in [0.1, 0.15) is 0 Å². The van der Waals surface area contributed by atoms with E-state index >= 15 is 0 Å². The van der Waals surface area contributed by atoms with E-state index in [9.17, 15) is 0 Å². The van der Waals surface area contributed by atoms with Crippen LogP contribution < -0.4 is 5.32 Å². The molecule has 0 aliphatic carbocycles. The molecule has 12 heavy (non-hydrogen) atoms. The van der Waals surface area contributed by atoms with Crippen molar-refractivity contribution in [2.24, 2.45) is 0 Å². The smallest absolute Gasteiger partial charge is 0.0953 e. The number of nitrogens with zero attached hydrogens (tertiary/aromatic N) is 1. The predicted molar refractivity (Wildman–Crippen MR) is 56.2 cm³/mol. The van der Waals surface area contributed by atoms with Gasteiger partial charge in [0.2, 0.25) is 0 Å². The molecule has 1 rings (SSSR count). The summed E-state index contributed by atoms with van der Waals surface area (Å²) < 4.78 is 0. The summed E-state index contributed by atoms with van der Waals surface area (Å²) in [6, 6.07) is 0. The summed E-state index contributed by atoms with van der Waals surface area (Å²) in [4.78, 5) is 5.63. The summed E-state index contributed by atoms with van der Waals surface area (Å²) in [5, 5.41) is 4.34. The SMILES string of the molecule is CNCc1cnc(C(C)C)s1.Cl. The van der Waals surface area contributed by atoms with Gasteiger partial charge in [0, 0.05) is 23.5 Å². The molecule has 1 aromatic rings. The molecule has 0 radical (unpaired) electrons. The minimum Gasteiger partial charge on any atom is -0.315 e. The van der Waals surface area contributed by atoms with Gasteiger partial charge in [-0.2, -0.15) is 0 Å². The van der Waals surface area contributed by atoms with Crippen molar-refractivity contribution in [1.29, 1.82) is 0 Å². The Kier molecular flexibility index (Phi) is 5.46. The lowest BCUT2D eigenvalue weighted by molar-refractivity contribution is 0.827. The lowest BCUT2D eigenvalue weighted by atomic mass is 10.2. The highest BCUT2D eigenvalue weighted by molar-refractivity contribution is 7.11. The first-order chi connectivity index (χ1) is 5.24. The van der Waals surface area contributed by atoms with E-state index in [-0.39, 0.29) is 12.4 Å². The molecule has 0 saturated carbocycles. The van der Waals surface area contributed by atoms with Gasteiger partial charge in [0.15, 0.2) is 0 Å². The molecule has 0 saturated heterocycles. The molecule has 0 fully saturated rings. The molecule has 1 N–H and O–H groups in total. The number of hydrogen-bond donors (Lipinski definition) is 1. The van der Waals surface area contributed by atoms with Crippen molar-refractivity contribution in [3.8, 4) is 0 Å². The van der Waals surface area contributed by atoms with E-state index in [0.717, 1.165) is 6.54 Å². The van der Waals surface area contributed by atoms with Gasteiger partial charge in [-0.1, -0.05) is 13.8 Å². The molecule has 0 aliphatic heterocycles. The zero-order chi connectivity index (χ0) is 8.27. The Morgan fingerprint density at radius 3 is 2.67 bits per heavy atom. The van der Waals surface area contributed by atoms with Crippen molar-refractivity contribution in [1.82, 2.24) is 10.3 Å². The van der Waals surface area contributed by atoms with Crippen molar-refractivity contribution in [2.45, 2.75) is 26.3 Å². The first kappa shape index (κ1) is 11.9. The average Bonchev–Trinajstić information content (AvgIpc) is 2.37. The number of nitrogens with one attached hydrogen (secondary N) is 1. The quantitative estimate of drug-likeness (QED) is 0.822. The first-order valence-electron chi connectivity index (χ1n) is 3.83. The van der Waals surface area contributed by atoms with Gasteiger partial charge < -0.3 is 5.32 Å². The van der Waals surface area contributed by atoms with Crippen molar-refractivity contribution < 1.29 is 0 Å². The van der Waals surface area contributed by atoms with Crippen LogP contribution in [0.4, 0.5) is 0 Å². The molecule has 0 atom stereocenters. The molecular formula is C8H15ClN2S. The Balaban J connectivity index is 0.00000121. The summed E-state index contributed by atoms with van der Waals surface area (Å²) in [6.07, 6.45) is 1.95. The Morgan fingerprint density at radius 1 is 1.58 bits per heavy atom. The van der Waals surface area contributed by atoms with E-state index < -0.39 is 0 Å². The van der Waals surface area contributed by atoms with Gasteiger partial charge in [-0.05, 0) is 7.05 Å². The van der Waals surface area contributed by atoms with Crippen LogP contribution in [0.1, 0.15) is 29.7 Å². The largest absolute Gasteiger partial charge is 0.315 e. The van der Waals surface area contributed by atoms with Crippen molar-refractivity contribution in [2.75, 3.05) is 7.05 Å². The Morgan fingerprint density at radius 2 is 2.25 bits per heavy atom. The van der Waals surface area contributed by atoms with Crippen LogP contribution >= 0.6 is 23.7 Å². The maximum Gasteiger partial charge on any atom is 0.0953 e. The topological polar surface area (TPSA) is 24.9 Å². The fourth-order valence-corrected chi connectivity index (χ4v) is 1.78. The van der Waals surface area contributed by atoms with Crippen molar-refractivity contribution >= 4 is 23.7 Å². The molecule has 0 amide bonds. The van der Waals surface area contributed by atoms with Gasteiger partial charge in [-0.25, -0.2) is 4.98 Å². The highest BCUT2D eigenvalue weighted by atomic mass is 35.5. The van der Waals surface area contributed by atoms with E-state index in [2.05, 4.69) is 24.1 Å². The van der Waals surface area contributed by atoms with Crippen LogP contribution in [0.5, 0.6) is 0 Å². The van der Waals surface area contributed by atoms with Gasteiger partial charge in [0.05, 0.1) is 5.01 Å². The predicted octanol–water partition coefficient (Wildman–Crippen LogP) is 2.41. The molecule has 0 bridgehead atoms. The van der Waals surface area contributed by atoms with Crippen LogP contribution in [-0.4, -0.2) is 12.0 Å². The molecule has 0 spiro atoms. The fraction of sp³-hybridized carbons (Fsp3) is 0.625. The summed E-state index contributed by atoms with van der Waals surface area (Å²) >= 11 is 1.79. The monoisotopic (exact) mass is 206 g/mol. The van der Waals surface area contributed by atoms with E-state index in [1.54, 1.807) is 11.3 Å². The molecule has 1 aromatic heterocycles. The van der Waals surface area contributed by atoms with Gasteiger partial charge in [-0.3, -0.25) is 0 Å². The van der Waals surface area contributed by atoms with Gasteiger partial charge >= 0.3 is 0 Å². The number of aromatic nitrogens is 1. The van der Waals surface area contributed by atoms with E-state index in [1.807, 2.05) is 13.2 Å². The third-order valence-electron chi connectivity index (χ3n) is 1.42. The van der Waals surface area contributed by atoms with Gasteiger partial charge in [0.25, 0.3) is 0 Å². The van der Waals surface area contributed by atoms with Crippen LogP contribution in [-0.2, 0) is 6.54 Å². The molecule has 70 valence electrons. The number of halogens is 1.